The second kappa shape index (κ2) is 17.7. The Kier molecular flexibility index (Phi) is 14.7. The summed E-state index contributed by atoms with van der Waals surface area (Å²) in [7, 11) is 0. The first-order chi connectivity index (χ1) is 22.6. The molecule has 1 aromatic carbocycles. The van der Waals surface area contributed by atoms with E-state index in [1.54, 1.807) is 62.3 Å². The highest BCUT2D eigenvalue weighted by atomic mass is 16.6. The molecule has 2 N–H and O–H groups in total. The van der Waals surface area contributed by atoms with Gasteiger partial charge in [0.15, 0.2) is 6.04 Å². The van der Waals surface area contributed by atoms with E-state index < -0.39 is 71.6 Å². The number of amides is 4. The quantitative estimate of drug-likeness (QED) is 0.254. The van der Waals surface area contributed by atoms with Gasteiger partial charge in [-0.05, 0) is 74.3 Å². The third kappa shape index (κ3) is 16.4. The lowest BCUT2D eigenvalue weighted by atomic mass is 10.1. The van der Waals surface area contributed by atoms with Gasteiger partial charge in [0, 0.05) is 32.6 Å². The van der Waals surface area contributed by atoms with Crippen molar-refractivity contribution in [3.8, 4) is 0 Å². The number of nitrogens with zero attached hydrogens (tertiary/aromatic N) is 2. The molecule has 1 saturated heterocycles. The Morgan fingerprint density at radius 2 is 1.10 bits per heavy atom. The van der Waals surface area contributed by atoms with Crippen LogP contribution in [0.15, 0.2) is 30.3 Å². The van der Waals surface area contributed by atoms with Crippen molar-refractivity contribution < 1.29 is 52.5 Å². The maximum absolute atomic E-state index is 13.1. The number of ether oxygens (including phenoxy) is 5. The number of esters is 3. The van der Waals surface area contributed by atoms with Gasteiger partial charge in [-0.15, -0.1) is 0 Å². The Labute approximate surface area is 288 Å². The fraction of sp³-hybridized carbons (Fsp3) is 0.647. The molecule has 15 nitrogen and oxygen atoms in total. The number of rotatable bonds is 11. The molecule has 0 aliphatic carbocycles. The number of piperazine rings is 1. The van der Waals surface area contributed by atoms with E-state index in [0.717, 1.165) is 5.56 Å². The molecule has 0 spiro atoms. The molecule has 1 aliphatic rings. The average molecular weight is 693 g/mol. The lowest BCUT2D eigenvalue weighted by Gasteiger charge is -2.33. The standard InChI is InChI=1S/C34H52N4O11/c1-32(2,3)47-26(39)16-15-24(27(40)48-33(4,5)6)35-29(42)36-25(28(41)49-34(7,8)9)22-46-31(44)38-19-17-37(18-20-38)30(43)45-21-23-13-11-10-12-14-23/h10-14,24-25H,15-22H2,1-9H3,(H2,35,36,42). The van der Waals surface area contributed by atoms with Crippen LogP contribution < -0.4 is 10.6 Å². The van der Waals surface area contributed by atoms with E-state index in [4.69, 9.17) is 23.7 Å². The van der Waals surface area contributed by atoms with Crippen LogP contribution in [0.5, 0.6) is 0 Å². The third-order valence-corrected chi connectivity index (χ3v) is 6.43. The molecule has 4 amide bonds. The lowest BCUT2D eigenvalue weighted by Crippen LogP contribution is -2.55. The summed E-state index contributed by atoms with van der Waals surface area (Å²) >= 11 is 0. The summed E-state index contributed by atoms with van der Waals surface area (Å²) in [5, 5.41) is 4.86. The largest absolute Gasteiger partial charge is 0.460 e. The predicted octanol–water partition coefficient (Wildman–Crippen LogP) is 3.92. The molecular formula is C34H52N4O11. The van der Waals surface area contributed by atoms with Crippen LogP contribution in [-0.2, 0) is 44.7 Å². The van der Waals surface area contributed by atoms with Crippen LogP contribution in [0.25, 0.3) is 0 Å². The predicted molar refractivity (Wildman–Crippen MR) is 177 cm³/mol. The zero-order valence-electron chi connectivity index (χ0n) is 30.1. The fourth-order valence-electron chi connectivity index (χ4n) is 4.30. The molecule has 1 aliphatic heterocycles. The van der Waals surface area contributed by atoms with Gasteiger partial charge in [0.25, 0.3) is 0 Å². The normalized spacial score (nSPS) is 14.9. The zero-order valence-corrected chi connectivity index (χ0v) is 30.1. The van der Waals surface area contributed by atoms with Gasteiger partial charge in [0.1, 0.15) is 36.1 Å². The highest BCUT2D eigenvalue weighted by molar-refractivity contribution is 5.88. The van der Waals surface area contributed by atoms with Gasteiger partial charge < -0.3 is 44.1 Å². The van der Waals surface area contributed by atoms with Crippen LogP contribution in [0.4, 0.5) is 14.4 Å². The van der Waals surface area contributed by atoms with Gasteiger partial charge in [-0.1, -0.05) is 30.3 Å². The molecule has 1 fully saturated rings. The number of carbonyl (C=O) groups excluding carboxylic acids is 6. The second-order valence-corrected chi connectivity index (χ2v) is 14.5. The van der Waals surface area contributed by atoms with Gasteiger partial charge in [-0.25, -0.2) is 24.0 Å². The van der Waals surface area contributed by atoms with E-state index in [-0.39, 0.29) is 45.6 Å². The van der Waals surface area contributed by atoms with Crippen molar-refractivity contribution >= 4 is 36.1 Å². The van der Waals surface area contributed by atoms with Crippen LogP contribution in [0.3, 0.4) is 0 Å². The summed E-state index contributed by atoms with van der Waals surface area (Å²) in [5.74, 6) is -2.26. The highest BCUT2D eigenvalue weighted by Crippen LogP contribution is 2.15. The molecule has 0 saturated carbocycles. The summed E-state index contributed by atoms with van der Waals surface area (Å²) in [6.45, 7) is 15.2. The first-order valence-electron chi connectivity index (χ1n) is 16.2. The summed E-state index contributed by atoms with van der Waals surface area (Å²) in [4.78, 5) is 79.7. The van der Waals surface area contributed by atoms with E-state index >= 15 is 0 Å². The maximum Gasteiger partial charge on any atom is 0.410 e. The van der Waals surface area contributed by atoms with Crippen LogP contribution in [0.2, 0.25) is 0 Å². The Hall–Kier alpha value is -4.56. The van der Waals surface area contributed by atoms with Crippen molar-refractivity contribution in [3.63, 3.8) is 0 Å². The summed E-state index contributed by atoms with van der Waals surface area (Å²) in [6, 6.07) is 5.55. The van der Waals surface area contributed by atoms with Crippen LogP contribution >= 0.6 is 0 Å². The zero-order chi connectivity index (χ0) is 37.0. The minimum atomic E-state index is -1.46. The molecule has 1 heterocycles. The molecule has 0 bridgehead atoms. The number of benzene rings is 1. The summed E-state index contributed by atoms with van der Waals surface area (Å²) < 4.78 is 26.9. The first kappa shape index (κ1) is 40.6. The van der Waals surface area contributed by atoms with Crippen molar-refractivity contribution in [3.05, 3.63) is 35.9 Å². The van der Waals surface area contributed by atoms with Crippen LogP contribution in [-0.4, -0.2) is 108 Å². The maximum atomic E-state index is 13.1. The third-order valence-electron chi connectivity index (χ3n) is 6.43. The molecule has 2 rings (SSSR count). The number of hydrogen-bond acceptors (Lipinski definition) is 11. The smallest absolute Gasteiger partial charge is 0.410 e. The van der Waals surface area contributed by atoms with Gasteiger partial charge in [-0.2, -0.15) is 0 Å². The van der Waals surface area contributed by atoms with Crippen molar-refractivity contribution in [2.24, 2.45) is 0 Å². The minimum Gasteiger partial charge on any atom is -0.460 e. The van der Waals surface area contributed by atoms with E-state index in [2.05, 4.69) is 10.6 Å². The minimum absolute atomic E-state index is 0.122. The summed E-state index contributed by atoms with van der Waals surface area (Å²) in [6.07, 6.45) is -1.62. The van der Waals surface area contributed by atoms with Crippen LogP contribution in [0.1, 0.15) is 80.7 Å². The molecule has 49 heavy (non-hydrogen) atoms. The molecule has 0 radical (unpaired) electrons. The Morgan fingerprint density at radius 1 is 0.653 bits per heavy atom. The Bertz CT molecular complexity index is 1290. The number of nitrogens with one attached hydrogen (secondary N) is 2. The van der Waals surface area contributed by atoms with Gasteiger partial charge >= 0.3 is 36.1 Å². The van der Waals surface area contributed by atoms with E-state index in [1.165, 1.54) is 9.80 Å². The molecule has 1 aromatic rings. The second-order valence-electron chi connectivity index (χ2n) is 14.5. The van der Waals surface area contributed by atoms with Crippen molar-refractivity contribution in [2.45, 2.75) is 111 Å². The van der Waals surface area contributed by atoms with Crippen molar-refractivity contribution in [1.82, 2.24) is 20.4 Å². The van der Waals surface area contributed by atoms with Gasteiger partial charge in [0.05, 0.1) is 0 Å². The molecule has 274 valence electrons. The molecule has 2 atom stereocenters. The molecule has 2 unspecified atom stereocenters. The number of hydrogen-bond donors (Lipinski definition) is 2. The average Bonchev–Trinajstić information content (AvgIpc) is 2.97. The molecule has 0 aromatic heterocycles. The lowest BCUT2D eigenvalue weighted by molar-refractivity contribution is -0.159. The van der Waals surface area contributed by atoms with Crippen LogP contribution in [0, 0.1) is 0 Å². The topological polar surface area (TPSA) is 179 Å². The number of carbonyl (C=O) groups is 6. The van der Waals surface area contributed by atoms with E-state index in [0.29, 0.717) is 0 Å². The van der Waals surface area contributed by atoms with Gasteiger partial charge in [-0.3, -0.25) is 4.79 Å². The van der Waals surface area contributed by atoms with E-state index in [9.17, 15) is 28.8 Å². The Morgan fingerprint density at radius 3 is 1.59 bits per heavy atom. The summed E-state index contributed by atoms with van der Waals surface area (Å²) in [5.41, 5.74) is -1.72. The van der Waals surface area contributed by atoms with Crippen molar-refractivity contribution in [2.75, 3.05) is 32.8 Å². The molecular weight excluding hydrogens is 640 g/mol. The van der Waals surface area contributed by atoms with Gasteiger partial charge in [0.2, 0.25) is 0 Å². The van der Waals surface area contributed by atoms with Crippen molar-refractivity contribution in [1.29, 1.82) is 0 Å². The van der Waals surface area contributed by atoms with E-state index in [1.807, 2.05) is 30.3 Å². The first-order valence-corrected chi connectivity index (χ1v) is 16.2. The SMILES string of the molecule is CC(C)(C)OC(=O)CCC(NC(=O)NC(COC(=O)N1CCN(C(=O)OCc2ccccc2)CC1)C(=O)OC(C)(C)C)C(=O)OC(C)(C)C. The fourth-order valence-corrected chi connectivity index (χ4v) is 4.30. The number of urea groups is 1. The monoisotopic (exact) mass is 692 g/mol. The highest BCUT2D eigenvalue weighted by Gasteiger charge is 2.33. The molecule has 15 heteroatoms. The Balaban J connectivity index is 2.01.